The first kappa shape index (κ1) is 12.3. The van der Waals surface area contributed by atoms with Crippen LogP contribution in [0.15, 0.2) is 53.7 Å². The van der Waals surface area contributed by atoms with E-state index in [1.54, 1.807) is 13.2 Å². The number of nitrogens with zero attached hydrogens (tertiary/aromatic N) is 1. The Morgan fingerprint density at radius 1 is 1.33 bits per heavy atom. The highest BCUT2D eigenvalue weighted by Crippen LogP contribution is 2.33. The molecule has 0 saturated heterocycles. The van der Waals surface area contributed by atoms with Crippen molar-refractivity contribution in [3.05, 3.63) is 59.2 Å². The van der Waals surface area contributed by atoms with Crippen LogP contribution < -0.4 is 0 Å². The Morgan fingerprint density at radius 3 is 2.67 bits per heavy atom. The molecule has 3 heteroatoms. The fourth-order valence-corrected chi connectivity index (χ4v) is 2.03. The molecule has 0 aliphatic carbocycles. The van der Waals surface area contributed by atoms with E-state index in [0.29, 0.717) is 18.1 Å². The molecule has 0 bridgehead atoms. The lowest BCUT2D eigenvalue weighted by Gasteiger charge is -2.22. The van der Waals surface area contributed by atoms with Crippen LogP contribution in [0.3, 0.4) is 0 Å². The summed E-state index contributed by atoms with van der Waals surface area (Å²) in [6.45, 7) is 2.11. The monoisotopic (exact) mass is 241 g/mol. The zero-order valence-electron chi connectivity index (χ0n) is 10.5. The lowest BCUT2D eigenvalue weighted by Crippen LogP contribution is -2.09. The van der Waals surface area contributed by atoms with Gasteiger partial charge in [-0.2, -0.15) is 5.26 Å². The van der Waals surface area contributed by atoms with Gasteiger partial charge in [-0.15, -0.1) is 0 Å². The highest BCUT2D eigenvalue weighted by molar-refractivity contribution is 5.33. The summed E-state index contributed by atoms with van der Waals surface area (Å²) >= 11 is 0. The Hall–Kier alpha value is -2.21. The van der Waals surface area contributed by atoms with Gasteiger partial charge in [0.1, 0.15) is 6.07 Å². The molecule has 1 atom stereocenters. The SMILES string of the molecule is COC1=C(C(C)c2ccccc2)CC=C(C#N)O1. The molecule has 1 unspecified atom stereocenters. The summed E-state index contributed by atoms with van der Waals surface area (Å²) in [6, 6.07) is 12.2. The Balaban J connectivity index is 2.28. The van der Waals surface area contributed by atoms with E-state index >= 15 is 0 Å². The van der Waals surface area contributed by atoms with Crippen LogP contribution >= 0.6 is 0 Å². The zero-order chi connectivity index (χ0) is 13.0. The summed E-state index contributed by atoms with van der Waals surface area (Å²) in [5.41, 5.74) is 2.27. The van der Waals surface area contributed by atoms with Crippen molar-refractivity contribution in [3.8, 4) is 6.07 Å². The number of benzene rings is 1. The summed E-state index contributed by atoms with van der Waals surface area (Å²) in [7, 11) is 1.56. The Kier molecular flexibility index (Phi) is 3.69. The number of allylic oxidation sites excluding steroid dienone is 3. The second-order valence-corrected chi connectivity index (χ2v) is 4.14. The van der Waals surface area contributed by atoms with E-state index in [4.69, 9.17) is 14.7 Å². The largest absolute Gasteiger partial charge is 0.468 e. The molecule has 0 amide bonds. The van der Waals surface area contributed by atoms with Crippen LogP contribution in [0.2, 0.25) is 0 Å². The second-order valence-electron chi connectivity index (χ2n) is 4.14. The summed E-state index contributed by atoms with van der Waals surface area (Å²) in [5, 5.41) is 8.82. The van der Waals surface area contributed by atoms with Crippen LogP contribution in [0.5, 0.6) is 0 Å². The van der Waals surface area contributed by atoms with Crippen LogP contribution in [-0.4, -0.2) is 7.11 Å². The quantitative estimate of drug-likeness (QED) is 0.813. The molecule has 3 nitrogen and oxygen atoms in total. The number of nitriles is 1. The minimum absolute atomic E-state index is 0.206. The molecule has 92 valence electrons. The van der Waals surface area contributed by atoms with Crippen LogP contribution in [0.1, 0.15) is 24.8 Å². The Labute approximate surface area is 107 Å². The van der Waals surface area contributed by atoms with Crippen molar-refractivity contribution in [2.45, 2.75) is 19.3 Å². The lowest BCUT2D eigenvalue weighted by atomic mass is 9.90. The molecule has 1 aromatic rings. The third-order valence-electron chi connectivity index (χ3n) is 3.09. The maximum atomic E-state index is 8.82. The number of ether oxygens (including phenoxy) is 2. The molecule has 0 aromatic heterocycles. The van der Waals surface area contributed by atoms with Gasteiger partial charge in [0.15, 0.2) is 0 Å². The van der Waals surface area contributed by atoms with Gasteiger partial charge in [0.05, 0.1) is 7.11 Å². The standard InChI is InChI=1S/C15H15NO2/c1-11(12-6-4-3-5-7-12)14-9-8-13(10-16)18-15(14)17-2/h3-8,11H,9H2,1-2H3. The van der Waals surface area contributed by atoms with E-state index in [1.807, 2.05) is 24.3 Å². The van der Waals surface area contributed by atoms with Crippen molar-refractivity contribution < 1.29 is 9.47 Å². The van der Waals surface area contributed by atoms with Gasteiger partial charge in [-0.25, -0.2) is 0 Å². The summed E-state index contributed by atoms with van der Waals surface area (Å²) in [5.74, 6) is 0.957. The first-order valence-corrected chi connectivity index (χ1v) is 5.86. The predicted octanol–water partition coefficient (Wildman–Crippen LogP) is 3.48. The zero-order valence-corrected chi connectivity index (χ0v) is 10.5. The molecule has 0 spiro atoms. The fraction of sp³-hybridized carbons (Fsp3) is 0.267. The maximum Gasteiger partial charge on any atom is 0.285 e. The van der Waals surface area contributed by atoms with Gasteiger partial charge in [0.25, 0.3) is 5.95 Å². The van der Waals surface area contributed by atoms with E-state index in [-0.39, 0.29) is 5.92 Å². The molecule has 1 aliphatic rings. The third-order valence-corrected chi connectivity index (χ3v) is 3.09. The highest BCUT2D eigenvalue weighted by atomic mass is 16.7. The summed E-state index contributed by atoms with van der Waals surface area (Å²) in [4.78, 5) is 0. The average Bonchev–Trinajstić information content (AvgIpc) is 2.46. The van der Waals surface area contributed by atoms with E-state index in [1.165, 1.54) is 5.56 Å². The Morgan fingerprint density at radius 2 is 2.06 bits per heavy atom. The number of rotatable bonds is 3. The maximum absolute atomic E-state index is 8.82. The molecular weight excluding hydrogens is 226 g/mol. The van der Waals surface area contributed by atoms with Gasteiger partial charge in [-0.05, 0) is 18.1 Å². The van der Waals surface area contributed by atoms with Crippen LogP contribution in [0.4, 0.5) is 0 Å². The minimum Gasteiger partial charge on any atom is -0.468 e. The molecule has 1 heterocycles. The molecule has 2 rings (SSSR count). The predicted molar refractivity (Wildman–Crippen MR) is 68.3 cm³/mol. The minimum atomic E-state index is 0.206. The van der Waals surface area contributed by atoms with Gasteiger partial charge in [0, 0.05) is 11.5 Å². The van der Waals surface area contributed by atoms with Gasteiger partial charge in [0.2, 0.25) is 5.76 Å². The van der Waals surface area contributed by atoms with Crippen molar-refractivity contribution in [2.75, 3.05) is 7.11 Å². The second kappa shape index (κ2) is 5.42. The number of hydrogen-bond donors (Lipinski definition) is 0. The number of hydrogen-bond acceptors (Lipinski definition) is 3. The number of methoxy groups -OCH3 is 1. The summed E-state index contributed by atoms with van der Waals surface area (Å²) in [6.07, 6.45) is 2.47. The lowest BCUT2D eigenvalue weighted by molar-refractivity contribution is 0.0982. The third kappa shape index (κ3) is 2.38. The molecule has 1 aliphatic heterocycles. The van der Waals surface area contributed by atoms with E-state index in [9.17, 15) is 0 Å². The van der Waals surface area contributed by atoms with Gasteiger partial charge < -0.3 is 9.47 Å². The van der Waals surface area contributed by atoms with Crippen molar-refractivity contribution in [3.63, 3.8) is 0 Å². The molecule has 0 fully saturated rings. The molecular formula is C15H15NO2. The van der Waals surface area contributed by atoms with E-state index < -0.39 is 0 Å². The van der Waals surface area contributed by atoms with E-state index in [2.05, 4.69) is 19.1 Å². The van der Waals surface area contributed by atoms with E-state index in [0.717, 1.165) is 5.57 Å². The van der Waals surface area contributed by atoms with Crippen molar-refractivity contribution in [1.29, 1.82) is 5.26 Å². The normalized spacial score (nSPS) is 16.4. The Bertz CT molecular complexity index is 523. The van der Waals surface area contributed by atoms with Crippen molar-refractivity contribution in [1.82, 2.24) is 0 Å². The van der Waals surface area contributed by atoms with Crippen molar-refractivity contribution >= 4 is 0 Å². The van der Waals surface area contributed by atoms with Crippen LogP contribution in [-0.2, 0) is 9.47 Å². The molecule has 0 saturated carbocycles. The average molecular weight is 241 g/mol. The molecule has 0 N–H and O–H groups in total. The van der Waals surface area contributed by atoms with Crippen molar-refractivity contribution in [2.24, 2.45) is 0 Å². The topological polar surface area (TPSA) is 42.2 Å². The van der Waals surface area contributed by atoms with Crippen LogP contribution in [0.25, 0.3) is 0 Å². The first-order valence-electron chi connectivity index (χ1n) is 5.86. The fourth-order valence-electron chi connectivity index (χ4n) is 2.03. The first-order chi connectivity index (χ1) is 8.76. The molecule has 18 heavy (non-hydrogen) atoms. The molecule has 1 aromatic carbocycles. The summed E-state index contributed by atoms with van der Waals surface area (Å²) < 4.78 is 10.6. The van der Waals surface area contributed by atoms with Gasteiger partial charge >= 0.3 is 0 Å². The van der Waals surface area contributed by atoms with Gasteiger partial charge in [-0.1, -0.05) is 37.3 Å². The highest BCUT2D eigenvalue weighted by Gasteiger charge is 2.22. The van der Waals surface area contributed by atoms with Crippen LogP contribution in [0, 0.1) is 11.3 Å². The smallest absolute Gasteiger partial charge is 0.285 e. The van der Waals surface area contributed by atoms with Gasteiger partial charge in [-0.3, -0.25) is 0 Å². The molecule has 0 radical (unpaired) electrons.